The molecule has 1 saturated carbocycles. The van der Waals surface area contributed by atoms with Crippen LogP contribution >= 0.6 is 0 Å². The minimum Gasteiger partial charge on any atom is -0.345 e. The van der Waals surface area contributed by atoms with Gasteiger partial charge in [-0.15, -0.1) is 0 Å². The number of fused-ring (bicyclic) bond motifs is 2. The van der Waals surface area contributed by atoms with Gasteiger partial charge in [0.15, 0.2) is 5.52 Å². The Morgan fingerprint density at radius 3 is 2.88 bits per heavy atom. The van der Waals surface area contributed by atoms with Crippen LogP contribution < -0.4 is 9.72 Å². The van der Waals surface area contributed by atoms with Crippen LogP contribution in [0.25, 0.3) is 16.3 Å². The number of carbonyl (C=O) groups excluding carboxylic acids is 1. The molecule has 0 aliphatic heterocycles. The van der Waals surface area contributed by atoms with E-state index in [1.165, 1.54) is 12.8 Å². The zero-order valence-corrected chi connectivity index (χ0v) is 14.3. The molecule has 0 saturated heterocycles. The molecule has 1 aromatic carbocycles. The Balaban J connectivity index is 1.45. The van der Waals surface area contributed by atoms with E-state index < -0.39 is 0 Å². The molecule has 1 aliphatic rings. The Labute approximate surface area is 150 Å². The van der Waals surface area contributed by atoms with Crippen LogP contribution in [0.1, 0.15) is 40.6 Å². The lowest BCUT2D eigenvalue weighted by Gasteiger charge is -2.06. The van der Waals surface area contributed by atoms with Crippen molar-refractivity contribution in [2.75, 3.05) is 0 Å². The predicted octanol–water partition coefficient (Wildman–Crippen LogP) is 3.11. The number of H-pyrrole nitrogens is 1. The molecule has 0 spiro atoms. The maximum Gasteiger partial charge on any atom is 0.295 e. The second kappa shape index (κ2) is 5.95. The Kier molecular flexibility index (Phi) is 3.45. The summed E-state index contributed by atoms with van der Waals surface area (Å²) < 4.78 is 2.10. The summed E-state index contributed by atoms with van der Waals surface area (Å²) >= 11 is 0. The fourth-order valence-electron chi connectivity index (χ4n) is 3.52. The topological polar surface area (TPSA) is 61.9 Å². The Bertz CT molecular complexity index is 1120. The van der Waals surface area contributed by atoms with Crippen LogP contribution in [0.2, 0.25) is 0 Å². The monoisotopic (exact) mass is 343 g/mol. The van der Waals surface area contributed by atoms with E-state index >= 15 is 0 Å². The molecule has 5 rings (SSSR count). The van der Waals surface area contributed by atoms with Gasteiger partial charge in [-0.3, -0.25) is 9.78 Å². The van der Waals surface area contributed by atoms with Gasteiger partial charge in [-0.2, -0.15) is 4.40 Å². The van der Waals surface area contributed by atoms with Gasteiger partial charge in [0, 0.05) is 24.3 Å². The minimum absolute atomic E-state index is 0.0893. The van der Waals surface area contributed by atoms with E-state index in [4.69, 9.17) is 0 Å². The number of rotatable bonds is 4. The first-order valence-corrected chi connectivity index (χ1v) is 8.93. The zero-order chi connectivity index (χ0) is 17.5. The number of imidazole rings is 1. The second-order valence-electron chi connectivity index (χ2n) is 6.82. The predicted molar refractivity (Wildman–Crippen MR) is 98.8 cm³/mol. The first kappa shape index (κ1) is 15.1. The number of aromatic nitrogens is 3. The van der Waals surface area contributed by atoms with Gasteiger partial charge in [0.2, 0.25) is 5.69 Å². The number of pyridine rings is 2. The molecule has 4 aromatic rings. The summed E-state index contributed by atoms with van der Waals surface area (Å²) in [7, 11) is 0. The number of aromatic amines is 1. The number of hydrogen-bond acceptors (Lipinski definition) is 2. The van der Waals surface area contributed by atoms with Crippen LogP contribution in [0.3, 0.4) is 0 Å². The molecule has 0 unspecified atom stereocenters. The molecule has 0 atom stereocenters. The molecule has 1 fully saturated rings. The van der Waals surface area contributed by atoms with Crippen LogP contribution in [0, 0.1) is 0 Å². The van der Waals surface area contributed by atoms with Crippen molar-refractivity contribution in [1.82, 2.24) is 15.3 Å². The smallest absolute Gasteiger partial charge is 0.295 e. The minimum atomic E-state index is -0.0893. The van der Waals surface area contributed by atoms with Crippen molar-refractivity contribution in [1.29, 1.82) is 0 Å². The van der Waals surface area contributed by atoms with Crippen molar-refractivity contribution in [3.8, 4) is 0 Å². The Morgan fingerprint density at radius 2 is 2.00 bits per heavy atom. The maximum absolute atomic E-state index is 12.8. The van der Waals surface area contributed by atoms with Crippen molar-refractivity contribution < 1.29 is 9.20 Å². The first-order chi connectivity index (χ1) is 12.8. The third kappa shape index (κ3) is 2.52. The van der Waals surface area contributed by atoms with Gasteiger partial charge in [-0.1, -0.05) is 30.3 Å². The van der Waals surface area contributed by atoms with Crippen LogP contribution in [0.15, 0.2) is 61.1 Å². The van der Waals surface area contributed by atoms with Crippen molar-refractivity contribution in [3.63, 3.8) is 0 Å². The lowest BCUT2D eigenvalue weighted by Crippen LogP contribution is -2.26. The van der Waals surface area contributed by atoms with Gasteiger partial charge in [-0.25, -0.2) is 4.98 Å². The first-order valence-electron chi connectivity index (χ1n) is 8.93. The largest absolute Gasteiger partial charge is 0.345 e. The second-order valence-corrected chi connectivity index (χ2v) is 6.82. The maximum atomic E-state index is 12.8. The van der Waals surface area contributed by atoms with Gasteiger partial charge in [0.05, 0.1) is 12.1 Å². The van der Waals surface area contributed by atoms with E-state index in [0.717, 1.165) is 27.7 Å². The van der Waals surface area contributed by atoms with E-state index in [9.17, 15) is 4.79 Å². The SMILES string of the molecule is O=C(NCc1cncc2ccccc12)c1[nH]c(C2CC2)[n+]2ccccc12. The highest BCUT2D eigenvalue weighted by atomic mass is 16.1. The lowest BCUT2D eigenvalue weighted by atomic mass is 10.1. The molecule has 1 amide bonds. The van der Waals surface area contributed by atoms with Crippen LogP contribution in [-0.4, -0.2) is 15.9 Å². The third-order valence-electron chi connectivity index (χ3n) is 5.01. The number of nitrogens with one attached hydrogen (secondary N) is 2. The molecule has 3 heterocycles. The van der Waals surface area contributed by atoms with Crippen LogP contribution in [0.4, 0.5) is 0 Å². The average molecular weight is 343 g/mol. The molecule has 0 radical (unpaired) electrons. The van der Waals surface area contributed by atoms with Crippen molar-refractivity contribution >= 4 is 22.2 Å². The highest BCUT2D eigenvalue weighted by Gasteiger charge is 2.35. The zero-order valence-electron chi connectivity index (χ0n) is 14.3. The number of amides is 1. The standard InChI is InChI=1S/C21H18N4O/c26-21(23-13-16-12-22-11-15-5-1-2-6-17(15)16)19-18-7-3-4-10-25(18)20(24-19)14-8-9-14/h1-7,10-12,14H,8-9,13H2,(H,23,26)/p+1. The quantitative estimate of drug-likeness (QED) is 0.559. The third-order valence-corrected chi connectivity index (χ3v) is 5.01. The van der Waals surface area contributed by atoms with E-state index in [0.29, 0.717) is 18.2 Å². The van der Waals surface area contributed by atoms with Crippen LogP contribution in [0.5, 0.6) is 0 Å². The van der Waals surface area contributed by atoms with Crippen LogP contribution in [-0.2, 0) is 6.54 Å². The highest BCUT2D eigenvalue weighted by molar-refractivity contribution is 5.98. The summed E-state index contributed by atoms with van der Waals surface area (Å²) in [4.78, 5) is 20.5. The van der Waals surface area contributed by atoms with Gasteiger partial charge < -0.3 is 5.32 Å². The molecule has 2 N–H and O–H groups in total. The highest BCUT2D eigenvalue weighted by Crippen LogP contribution is 2.38. The number of hydrogen-bond donors (Lipinski definition) is 2. The Hall–Kier alpha value is -3.21. The van der Waals surface area contributed by atoms with E-state index in [1.54, 1.807) is 0 Å². The molecule has 0 bridgehead atoms. The lowest BCUT2D eigenvalue weighted by molar-refractivity contribution is -0.521. The van der Waals surface area contributed by atoms with Crippen molar-refractivity contribution in [2.45, 2.75) is 25.3 Å². The van der Waals surface area contributed by atoms with E-state index in [-0.39, 0.29) is 5.91 Å². The summed E-state index contributed by atoms with van der Waals surface area (Å²) in [5.41, 5.74) is 2.56. The fourth-order valence-corrected chi connectivity index (χ4v) is 3.52. The normalized spacial score (nSPS) is 14.0. The molecular weight excluding hydrogens is 324 g/mol. The van der Waals surface area contributed by atoms with E-state index in [2.05, 4.69) is 25.8 Å². The Morgan fingerprint density at radius 1 is 1.15 bits per heavy atom. The number of benzene rings is 1. The fraction of sp³-hybridized carbons (Fsp3) is 0.190. The molecule has 5 nitrogen and oxygen atoms in total. The van der Waals surface area contributed by atoms with Crippen molar-refractivity contribution in [2.24, 2.45) is 0 Å². The van der Waals surface area contributed by atoms with Gasteiger partial charge in [0.25, 0.3) is 11.7 Å². The molecule has 5 heteroatoms. The summed E-state index contributed by atoms with van der Waals surface area (Å²) in [6.07, 6.45) is 8.04. The van der Waals surface area contributed by atoms with E-state index in [1.807, 2.05) is 55.0 Å². The summed E-state index contributed by atoms with van der Waals surface area (Å²) in [5, 5.41) is 5.25. The molecule has 1 aliphatic carbocycles. The molecular formula is C21H19N4O+. The van der Waals surface area contributed by atoms with Gasteiger partial charge in [0.1, 0.15) is 0 Å². The summed E-state index contributed by atoms with van der Waals surface area (Å²) in [6.45, 7) is 0.448. The van der Waals surface area contributed by atoms with Gasteiger partial charge >= 0.3 is 0 Å². The number of carbonyl (C=O) groups is 1. The molecule has 3 aromatic heterocycles. The number of nitrogens with zero attached hydrogens (tertiary/aromatic N) is 2. The molecule has 128 valence electrons. The molecule has 26 heavy (non-hydrogen) atoms. The van der Waals surface area contributed by atoms with Crippen molar-refractivity contribution in [3.05, 3.63) is 78.1 Å². The summed E-state index contributed by atoms with van der Waals surface area (Å²) in [6, 6.07) is 14.0. The van der Waals surface area contributed by atoms with Gasteiger partial charge in [-0.05, 0) is 35.9 Å². The summed E-state index contributed by atoms with van der Waals surface area (Å²) in [5.74, 6) is 1.57. The average Bonchev–Trinajstić information content (AvgIpc) is 3.46.